The summed E-state index contributed by atoms with van der Waals surface area (Å²) in [4.78, 5) is 6.85. The van der Waals surface area contributed by atoms with Crippen LogP contribution in [-0.2, 0) is 0 Å². The summed E-state index contributed by atoms with van der Waals surface area (Å²) in [5, 5.41) is 12.0. The molecule has 5 heteroatoms. The van der Waals surface area contributed by atoms with E-state index in [1.807, 2.05) is 19.1 Å². The van der Waals surface area contributed by atoms with Crippen LogP contribution in [0.4, 0.5) is 5.82 Å². The average molecular weight is 276 g/mol. The third-order valence-corrected chi connectivity index (χ3v) is 4.01. The summed E-state index contributed by atoms with van der Waals surface area (Å²) in [7, 11) is 0. The molecule has 0 unspecified atom stereocenters. The fourth-order valence-corrected chi connectivity index (χ4v) is 2.88. The van der Waals surface area contributed by atoms with Crippen LogP contribution in [0.25, 0.3) is 0 Å². The van der Waals surface area contributed by atoms with E-state index < -0.39 is 0 Å². The Bertz CT molecular complexity index is 479. The largest absolute Gasteiger partial charge is 0.409 e. The maximum Gasteiger partial charge on any atom is 0.173 e. The highest BCUT2D eigenvalue weighted by molar-refractivity contribution is 6.01. The summed E-state index contributed by atoms with van der Waals surface area (Å²) < 4.78 is 0. The highest BCUT2D eigenvalue weighted by atomic mass is 16.4. The second kappa shape index (κ2) is 6.59. The molecule has 0 radical (unpaired) electrons. The number of hydrogen-bond donors (Lipinski definition) is 2. The molecular formula is C15H24N4O. The molecule has 0 bridgehead atoms. The highest BCUT2D eigenvalue weighted by Gasteiger charge is 2.22. The van der Waals surface area contributed by atoms with Gasteiger partial charge in [0.05, 0.1) is 5.56 Å². The molecule has 1 fully saturated rings. The quantitative estimate of drug-likeness (QED) is 0.383. The number of rotatable bonds is 4. The molecule has 0 amide bonds. The van der Waals surface area contributed by atoms with Gasteiger partial charge in [-0.15, -0.1) is 0 Å². The Morgan fingerprint density at radius 3 is 2.75 bits per heavy atom. The van der Waals surface area contributed by atoms with Crippen LogP contribution in [0, 0.1) is 12.8 Å². The number of aromatic nitrogens is 1. The molecule has 0 atom stereocenters. The standard InChI is InChI=1S/C15H24N4O/c1-3-4-12-7-9-19(10-8-12)15-13(14(16)18-20)6-5-11(2)17-15/h5-6,12,20H,3-4,7-10H2,1-2H3,(H2,16,18). The molecule has 1 aromatic heterocycles. The van der Waals surface area contributed by atoms with E-state index in [0.717, 1.165) is 30.5 Å². The van der Waals surface area contributed by atoms with E-state index in [1.165, 1.54) is 25.7 Å². The van der Waals surface area contributed by atoms with Crippen molar-refractivity contribution in [3.8, 4) is 0 Å². The van der Waals surface area contributed by atoms with Crippen LogP contribution in [0.5, 0.6) is 0 Å². The number of amidine groups is 1. The summed E-state index contributed by atoms with van der Waals surface area (Å²) in [6.07, 6.45) is 4.95. The number of aryl methyl sites for hydroxylation is 1. The first-order valence-corrected chi connectivity index (χ1v) is 7.36. The Morgan fingerprint density at radius 2 is 2.15 bits per heavy atom. The normalized spacial score (nSPS) is 17.5. The lowest BCUT2D eigenvalue weighted by atomic mass is 9.92. The SMILES string of the molecule is CCCC1CCN(c2nc(C)ccc2C(N)=NO)CC1. The number of oxime groups is 1. The molecule has 5 nitrogen and oxygen atoms in total. The number of nitrogens with two attached hydrogens (primary N) is 1. The molecule has 0 aromatic carbocycles. The first-order valence-electron chi connectivity index (χ1n) is 7.36. The Hall–Kier alpha value is -1.78. The molecule has 110 valence electrons. The van der Waals surface area contributed by atoms with Gasteiger partial charge in [-0.2, -0.15) is 0 Å². The fraction of sp³-hybridized carbons (Fsp3) is 0.600. The minimum atomic E-state index is 0.128. The Labute approximate surface area is 120 Å². The molecule has 0 saturated carbocycles. The molecular weight excluding hydrogens is 252 g/mol. The van der Waals surface area contributed by atoms with Gasteiger partial charge in [-0.3, -0.25) is 0 Å². The first kappa shape index (κ1) is 14.6. The number of piperidine rings is 1. The lowest BCUT2D eigenvalue weighted by molar-refractivity contribution is 0.318. The lowest BCUT2D eigenvalue weighted by Gasteiger charge is -2.33. The van der Waals surface area contributed by atoms with Crippen LogP contribution < -0.4 is 10.6 Å². The van der Waals surface area contributed by atoms with Crippen molar-refractivity contribution in [2.75, 3.05) is 18.0 Å². The molecule has 1 saturated heterocycles. The first-order chi connectivity index (χ1) is 9.65. The molecule has 1 aromatic rings. The van der Waals surface area contributed by atoms with Crippen molar-refractivity contribution >= 4 is 11.7 Å². The molecule has 3 N–H and O–H groups in total. The van der Waals surface area contributed by atoms with Crippen LogP contribution in [0.3, 0.4) is 0 Å². The van der Waals surface area contributed by atoms with Crippen molar-refractivity contribution in [3.63, 3.8) is 0 Å². The van der Waals surface area contributed by atoms with Crippen molar-refractivity contribution in [3.05, 3.63) is 23.4 Å². The predicted octanol–water partition coefficient (Wildman–Crippen LogP) is 2.50. The van der Waals surface area contributed by atoms with Gasteiger partial charge in [-0.05, 0) is 37.8 Å². The van der Waals surface area contributed by atoms with Crippen LogP contribution in [0.2, 0.25) is 0 Å². The molecule has 0 aliphatic carbocycles. The van der Waals surface area contributed by atoms with Crippen molar-refractivity contribution < 1.29 is 5.21 Å². The third-order valence-electron chi connectivity index (χ3n) is 4.01. The van der Waals surface area contributed by atoms with Gasteiger partial charge in [0.25, 0.3) is 0 Å². The summed E-state index contributed by atoms with van der Waals surface area (Å²) in [6, 6.07) is 3.77. The maximum absolute atomic E-state index is 8.91. The van der Waals surface area contributed by atoms with E-state index >= 15 is 0 Å². The smallest absolute Gasteiger partial charge is 0.173 e. The third kappa shape index (κ3) is 3.21. The fourth-order valence-electron chi connectivity index (χ4n) is 2.88. The highest BCUT2D eigenvalue weighted by Crippen LogP contribution is 2.27. The molecule has 1 aliphatic heterocycles. The van der Waals surface area contributed by atoms with E-state index in [0.29, 0.717) is 5.56 Å². The van der Waals surface area contributed by atoms with Gasteiger partial charge in [0, 0.05) is 18.8 Å². The molecule has 2 rings (SSSR count). The van der Waals surface area contributed by atoms with Crippen molar-refractivity contribution in [1.29, 1.82) is 0 Å². The van der Waals surface area contributed by atoms with Gasteiger partial charge >= 0.3 is 0 Å². The monoisotopic (exact) mass is 276 g/mol. The topological polar surface area (TPSA) is 74.7 Å². The van der Waals surface area contributed by atoms with E-state index in [2.05, 4.69) is 22.0 Å². The van der Waals surface area contributed by atoms with Crippen molar-refractivity contribution in [2.24, 2.45) is 16.8 Å². The number of nitrogens with zero attached hydrogens (tertiary/aromatic N) is 3. The lowest BCUT2D eigenvalue weighted by Crippen LogP contribution is -2.36. The predicted molar refractivity (Wildman–Crippen MR) is 81.3 cm³/mol. The summed E-state index contributed by atoms with van der Waals surface area (Å²) in [6.45, 7) is 6.19. The molecule has 0 spiro atoms. The van der Waals surface area contributed by atoms with Gasteiger partial charge in [-0.1, -0.05) is 24.9 Å². The zero-order valence-electron chi connectivity index (χ0n) is 12.3. The van der Waals surface area contributed by atoms with Gasteiger partial charge < -0.3 is 15.8 Å². The summed E-state index contributed by atoms with van der Waals surface area (Å²) in [5.41, 5.74) is 7.42. The number of pyridine rings is 1. The Balaban J connectivity index is 2.18. The maximum atomic E-state index is 8.91. The number of anilines is 1. The van der Waals surface area contributed by atoms with E-state index in [9.17, 15) is 0 Å². The van der Waals surface area contributed by atoms with Crippen molar-refractivity contribution in [1.82, 2.24) is 4.98 Å². The van der Waals surface area contributed by atoms with E-state index in [4.69, 9.17) is 10.9 Å². The number of hydrogen-bond acceptors (Lipinski definition) is 4. The van der Waals surface area contributed by atoms with E-state index in [-0.39, 0.29) is 5.84 Å². The zero-order valence-corrected chi connectivity index (χ0v) is 12.3. The Kier molecular flexibility index (Phi) is 4.82. The molecule has 2 heterocycles. The summed E-state index contributed by atoms with van der Waals surface area (Å²) >= 11 is 0. The zero-order chi connectivity index (χ0) is 14.5. The molecule has 20 heavy (non-hydrogen) atoms. The summed E-state index contributed by atoms with van der Waals surface area (Å²) in [5.74, 6) is 1.80. The second-order valence-electron chi connectivity index (χ2n) is 5.53. The van der Waals surface area contributed by atoms with Crippen LogP contribution in [0.1, 0.15) is 43.9 Å². The van der Waals surface area contributed by atoms with Crippen LogP contribution in [-0.4, -0.2) is 29.1 Å². The minimum Gasteiger partial charge on any atom is -0.409 e. The second-order valence-corrected chi connectivity index (χ2v) is 5.53. The molecule has 1 aliphatic rings. The Morgan fingerprint density at radius 1 is 1.45 bits per heavy atom. The van der Waals surface area contributed by atoms with Gasteiger partial charge in [0.1, 0.15) is 5.82 Å². The average Bonchev–Trinajstić information content (AvgIpc) is 2.47. The van der Waals surface area contributed by atoms with Gasteiger partial charge in [-0.25, -0.2) is 4.98 Å². The van der Waals surface area contributed by atoms with Crippen LogP contribution in [0.15, 0.2) is 17.3 Å². The van der Waals surface area contributed by atoms with Crippen LogP contribution >= 0.6 is 0 Å². The van der Waals surface area contributed by atoms with Crippen molar-refractivity contribution in [2.45, 2.75) is 39.5 Å². The van der Waals surface area contributed by atoms with E-state index in [1.54, 1.807) is 0 Å². The minimum absolute atomic E-state index is 0.128. The van der Waals surface area contributed by atoms with Gasteiger partial charge in [0.2, 0.25) is 0 Å². The van der Waals surface area contributed by atoms with Gasteiger partial charge in [0.15, 0.2) is 5.84 Å².